The van der Waals surface area contributed by atoms with Crippen LogP contribution in [-0.4, -0.2) is 11.0 Å². The number of phenolic OH excluding ortho intramolecular Hbond substituents is 1. The highest BCUT2D eigenvalue weighted by molar-refractivity contribution is 5.91. The summed E-state index contributed by atoms with van der Waals surface area (Å²) in [7, 11) is 0. The molecule has 4 heteroatoms. The van der Waals surface area contributed by atoms with E-state index >= 15 is 0 Å². The monoisotopic (exact) mass is 273 g/mol. The van der Waals surface area contributed by atoms with Gasteiger partial charge in [-0.25, -0.2) is 4.39 Å². The van der Waals surface area contributed by atoms with Gasteiger partial charge in [-0.2, -0.15) is 0 Å². The number of hydrogen-bond acceptors (Lipinski definition) is 2. The Hall–Kier alpha value is -2.36. The largest absolute Gasteiger partial charge is 0.508 e. The molecule has 0 aromatic heterocycles. The third-order valence-electron chi connectivity index (χ3n) is 3.11. The summed E-state index contributed by atoms with van der Waals surface area (Å²) >= 11 is 0. The molecule has 3 nitrogen and oxygen atoms in total. The van der Waals surface area contributed by atoms with Crippen molar-refractivity contribution in [3.8, 4) is 5.75 Å². The summed E-state index contributed by atoms with van der Waals surface area (Å²) in [4.78, 5) is 11.8. The maximum Gasteiger partial charge on any atom is 0.224 e. The molecule has 0 bridgehead atoms. The fourth-order valence-corrected chi connectivity index (χ4v) is 1.96. The number of carbonyl (C=O) groups is 1. The highest BCUT2D eigenvalue weighted by atomic mass is 19.1. The molecule has 0 saturated heterocycles. The average molecular weight is 273 g/mol. The molecule has 2 rings (SSSR count). The van der Waals surface area contributed by atoms with Gasteiger partial charge in [0.2, 0.25) is 5.91 Å². The third kappa shape index (κ3) is 3.57. The van der Waals surface area contributed by atoms with Crippen molar-refractivity contribution >= 4 is 11.6 Å². The Bertz CT molecular complexity index is 626. The molecule has 0 saturated carbocycles. The van der Waals surface area contributed by atoms with E-state index in [1.165, 1.54) is 12.1 Å². The topological polar surface area (TPSA) is 49.3 Å². The number of aryl methyl sites for hydroxylation is 2. The normalized spacial score (nSPS) is 10.3. The molecule has 2 aromatic rings. The van der Waals surface area contributed by atoms with E-state index < -0.39 is 5.82 Å². The molecular weight excluding hydrogens is 257 g/mol. The standard InChI is InChI=1S/C16H16FNO2/c1-11-4-2-3-5-12(11)6-9-16(20)18-15-8-7-13(19)10-14(15)17/h2-5,7-8,10,19H,6,9H2,1H3,(H,18,20). The van der Waals surface area contributed by atoms with Gasteiger partial charge in [-0.05, 0) is 36.6 Å². The lowest BCUT2D eigenvalue weighted by atomic mass is 10.0. The van der Waals surface area contributed by atoms with Crippen molar-refractivity contribution in [2.24, 2.45) is 0 Å². The van der Waals surface area contributed by atoms with Gasteiger partial charge in [-0.3, -0.25) is 4.79 Å². The third-order valence-corrected chi connectivity index (χ3v) is 3.11. The van der Waals surface area contributed by atoms with Crippen LogP contribution in [0.25, 0.3) is 0 Å². The van der Waals surface area contributed by atoms with E-state index in [1.54, 1.807) is 0 Å². The summed E-state index contributed by atoms with van der Waals surface area (Å²) in [5.41, 5.74) is 2.32. The van der Waals surface area contributed by atoms with Crippen LogP contribution in [0.2, 0.25) is 0 Å². The lowest BCUT2D eigenvalue weighted by Gasteiger charge is -2.08. The van der Waals surface area contributed by atoms with Gasteiger partial charge in [-0.15, -0.1) is 0 Å². The Kier molecular flexibility index (Phi) is 4.35. The minimum Gasteiger partial charge on any atom is -0.508 e. The number of rotatable bonds is 4. The van der Waals surface area contributed by atoms with Gasteiger partial charge in [0.15, 0.2) is 0 Å². The van der Waals surface area contributed by atoms with Crippen LogP contribution < -0.4 is 5.32 Å². The van der Waals surface area contributed by atoms with Crippen LogP contribution in [0.4, 0.5) is 10.1 Å². The minimum atomic E-state index is -0.644. The Labute approximate surface area is 117 Å². The van der Waals surface area contributed by atoms with Crippen molar-refractivity contribution in [3.05, 3.63) is 59.4 Å². The molecule has 0 unspecified atom stereocenters. The molecule has 0 atom stereocenters. The lowest BCUT2D eigenvalue weighted by Crippen LogP contribution is -2.13. The maximum atomic E-state index is 13.5. The molecular formula is C16H16FNO2. The SMILES string of the molecule is Cc1ccccc1CCC(=O)Nc1ccc(O)cc1F. The van der Waals surface area contributed by atoms with Crippen LogP contribution in [0.5, 0.6) is 5.75 Å². The van der Waals surface area contributed by atoms with Crippen molar-refractivity contribution in [2.75, 3.05) is 5.32 Å². The van der Waals surface area contributed by atoms with Crippen molar-refractivity contribution in [1.82, 2.24) is 0 Å². The Morgan fingerprint density at radius 3 is 2.70 bits per heavy atom. The summed E-state index contributed by atoms with van der Waals surface area (Å²) in [5, 5.41) is 11.6. The Balaban J connectivity index is 1.94. The van der Waals surface area contributed by atoms with Crippen LogP contribution in [-0.2, 0) is 11.2 Å². The highest BCUT2D eigenvalue weighted by Crippen LogP contribution is 2.19. The smallest absolute Gasteiger partial charge is 0.224 e. The number of benzene rings is 2. The number of amides is 1. The van der Waals surface area contributed by atoms with E-state index in [2.05, 4.69) is 5.32 Å². The predicted octanol–water partition coefficient (Wildman–Crippen LogP) is 3.41. The molecule has 0 aliphatic carbocycles. The molecule has 0 spiro atoms. The Morgan fingerprint density at radius 1 is 1.25 bits per heavy atom. The summed E-state index contributed by atoms with van der Waals surface area (Å²) in [6.07, 6.45) is 0.892. The van der Waals surface area contributed by atoms with Gasteiger partial charge in [0.05, 0.1) is 5.69 Å². The zero-order valence-corrected chi connectivity index (χ0v) is 11.2. The van der Waals surface area contributed by atoms with Crippen LogP contribution in [0.1, 0.15) is 17.5 Å². The molecule has 0 aliphatic rings. The van der Waals surface area contributed by atoms with E-state index in [9.17, 15) is 9.18 Å². The van der Waals surface area contributed by atoms with Gasteiger partial charge in [-0.1, -0.05) is 24.3 Å². The number of aromatic hydroxyl groups is 1. The number of carbonyl (C=O) groups excluding carboxylic acids is 1. The lowest BCUT2D eigenvalue weighted by molar-refractivity contribution is -0.116. The van der Waals surface area contributed by atoms with Crippen LogP contribution in [0.3, 0.4) is 0 Å². The summed E-state index contributed by atoms with van der Waals surface area (Å²) in [5.74, 6) is -1.06. The van der Waals surface area contributed by atoms with E-state index in [0.29, 0.717) is 6.42 Å². The molecule has 20 heavy (non-hydrogen) atoms. The maximum absolute atomic E-state index is 13.5. The number of hydrogen-bond donors (Lipinski definition) is 2. The van der Waals surface area contributed by atoms with Crippen LogP contribution in [0.15, 0.2) is 42.5 Å². The number of halogens is 1. The second-order valence-corrected chi connectivity index (χ2v) is 4.64. The molecule has 1 amide bonds. The fraction of sp³-hybridized carbons (Fsp3) is 0.188. The number of anilines is 1. The van der Waals surface area contributed by atoms with Crippen LogP contribution >= 0.6 is 0 Å². The first-order valence-electron chi connectivity index (χ1n) is 6.39. The first kappa shape index (κ1) is 14.1. The quantitative estimate of drug-likeness (QED) is 0.839. The molecule has 0 heterocycles. The zero-order valence-electron chi connectivity index (χ0n) is 11.2. The number of phenols is 1. The predicted molar refractivity (Wildman–Crippen MR) is 76.2 cm³/mol. The van der Waals surface area contributed by atoms with Crippen molar-refractivity contribution in [1.29, 1.82) is 0 Å². The van der Waals surface area contributed by atoms with Gasteiger partial charge in [0.25, 0.3) is 0 Å². The van der Waals surface area contributed by atoms with Crippen LogP contribution in [0, 0.1) is 12.7 Å². The van der Waals surface area contributed by atoms with Gasteiger partial charge in [0, 0.05) is 12.5 Å². The molecule has 2 N–H and O–H groups in total. The molecule has 0 aliphatic heterocycles. The second-order valence-electron chi connectivity index (χ2n) is 4.64. The zero-order chi connectivity index (χ0) is 14.5. The van der Waals surface area contributed by atoms with Crippen molar-refractivity contribution in [3.63, 3.8) is 0 Å². The fourth-order valence-electron chi connectivity index (χ4n) is 1.96. The average Bonchev–Trinajstić information content (AvgIpc) is 2.41. The second kappa shape index (κ2) is 6.19. The molecule has 2 aromatic carbocycles. The first-order valence-corrected chi connectivity index (χ1v) is 6.39. The van der Waals surface area contributed by atoms with Gasteiger partial charge in [0.1, 0.15) is 11.6 Å². The van der Waals surface area contributed by atoms with Crippen molar-refractivity contribution in [2.45, 2.75) is 19.8 Å². The van der Waals surface area contributed by atoms with Crippen molar-refractivity contribution < 1.29 is 14.3 Å². The number of nitrogens with one attached hydrogen (secondary N) is 1. The minimum absolute atomic E-state index is 0.0811. The summed E-state index contributed by atoms with van der Waals surface area (Å²) < 4.78 is 13.5. The van der Waals surface area contributed by atoms with E-state index in [-0.39, 0.29) is 23.8 Å². The van der Waals surface area contributed by atoms with E-state index in [4.69, 9.17) is 5.11 Å². The van der Waals surface area contributed by atoms with E-state index in [0.717, 1.165) is 17.2 Å². The van der Waals surface area contributed by atoms with E-state index in [1.807, 2.05) is 31.2 Å². The molecule has 0 radical (unpaired) electrons. The summed E-state index contributed by atoms with van der Waals surface area (Å²) in [6, 6.07) is 11.5. The molecule has 104 valence electrons. The van der Waals surface area contributed by atoms with Gasteiger partial charge < -0.3 is 10.4 Å². The highest BCUT2D eigenvalue weighted by Gasteiger charge is 2.08. The Morgan fingerprint density at radius 2 is 2.00 bits per heavy atom. The summed E-state index contributed by atoms with van der Waals surface area (Å²) in [6.45, 7) is 1.99. The molecule has 0 fully saturated rings. The first-order chi connectivity index (χ1) is 9.56. The van der Waals surface area contributed by atoms with Gasteiger partial charge >= 0.3 is 0 Å².